The van der Waals surface area contributed by atoms with Gasteiger partial charge in [0, 0.05) is 11.6 Å². The van der Waals surface area contributed by atoms with E-state index in [2.05, 4.69) is 9.47 Å². The average molecular weight is 312 g/mol. The molecule has 0 aliphatic carbocycles. The third-order valence-electron chi connectivity index (χ3n) is 3.36. The minimum absolute atomic E-state index is 0.372. The number of nitrogens with zero attached hydrogens (tertiary/aromatic N) is 3. The molecule has 0 atom stereocenters. The monoisotopic (exact) mass is 312 g/mol. The summed E-state index contributed by atoms with van der Waals surface area (Å²) in [4.78, 5) is 1.01. The maximum Gasteiger partial charge on any atom is 0.225 e. The fourth-order valence-corrected chi connectivity index (χ4v) is 2.92. The van der Waals surface area contributed by atoms with Gasteiger partial charge >= 0.3 is 0 Å². The van der Waals surface area contributed by atoms with Gasteiger partial charge in [0.2, 0.25) is 5.88 Å². The average Bonchev–Trinajstić information content (AvgIpc) is 2.99. The maximum absolute atomic E-state index is 8.21. The van der Waals surface area contributed by atoms with E-state index in [1.807, 2.05) is 49.4 Å². The molecule has 0 aliphatic rings. The number of aryl methyl sites for hydroxylation is 1. The van der Waals surface area contributed by atoms with Crippen LogP contribution in [0, 0.1) is 12.3 Å². The molecule has 3 aromatic rings. The first kappa shape index (κ1) is 14.5. The van der Waals surface area contributed by atoms with Crippen molar-refractivity contribution in [3.63, 3.8) is 0 Å². The Morgan fingerprint density at radius 1 is 1.23 bits per heavy atom. The number of hydrogen-bond acceptors (Lipinski definition) is 5. The smallest absolute Gasteiger partial charge is 0.225 e. The number of hydrogen-bond donors (Lipinski definition) is 1. The normalized spacial score (nSPS) is 10.6. The lowest BCUT2D eigenvalue weighted by molar-refractivity contribution is 0.402. The lowest BCUT2D eigenvalue weighted by Gasteiger charge is -2.10. The van der Waals surface area contributed by atoms with Crippen LogP contribution >= 0.6 is 11.5 Å². The molecule has 0 aliphatic heterocycles. The lowest BCUT2D eigenvalue weighted by atomic mass is 10.1. The Morgan fingerprint density at radius 2 is 2.00 bits per heavy atom. The highest BCUT2D eigenvalue weighted by atomic mass is 32.1. The maximum atomic E-state index is 8.21. The third kappa shape index (κ3) is 2.92. The Labute approximate surface area is 132 Å². The molecule has 0 spiro atoms. The van der Waals surface area contributed by atoms with Gasteiger partial charge in [0.05, 0.1) is 24.2 Å². The lowest BCUT2D eigenvalue weighted by Crippen LogP contribution is -2.23. The molecular formula is C16H16N4OS. The van der Waals surface area contributed by atoms with Crippen molar-refractivity contribution in [1.29, 1.82) is 5.41 Å². The molecule has 0 saturated carbocycles. The van der Waals surface area contributed by atoms with Crippen molar-refractivity contribution in [2.45, 2.75) is 13.5 Å². The zero-order chi connectivity index (χ0) is 15.5. The summed E-state index contributed by atoms with van der Waals surface area (Å²) >= 11 is 1.36. The van der Waals surface area contributed by atoms with E-state index >= 15 is 0 Å². The second-order valence-electron chi connectivity index (χ2n) is 4.89. The summed E-state index contributed by atoms with van der Waals surface area (Å²) in [6, 6.07) is 13.7. The zero-order valence-electron chi connectivity index (χ0n) is 12.4. The quantitative estimate of drug-likeness (QED) is 0.805. The van der Waals surface area contributed by atoms with Gasteiger partial charge in [-0.1, -0.05) is 30.3 Å². The second-order valence-corrected chi connectivity index (χ2v) is 5.78. The van der Waals surface area contributed by atoms with Crippen molar-refractivity contribution in [2.24, 2.45) is 0 Å². The molecule has 0 fully saturated rings. The Kier molecular flexibility index (Phi) is 4.02. The van der Waals surface area contributed by atoms with Gasteiger partial charge in [-0.25, -0.2) is 4.68 Å². The highest BCUT2D eigenvalue weighted by Crippen LogP contribution is 2.20. The second kappa shape index (κ2) is 6.11. The highest BCUT2D eigenvalue weighted by molar-refractivity contribution is 7.05. The van der Waals surface area contributed by atoms with Gasteiger partial charge in [-0.15, -0.1) is 0 Å². The van der Waals surface area contributed by atoms with E-state index in [1.54, 1.807) is 11.8 Å². The van der Waals surface area contributed by atoms with Gasteiger partial charge in [-0.2, -0.15) is 9.47 Å². The predicted molar refractivity (Wildman–Crippen MR) is 86.0 cm³/mol. The molecule has 2 heterocycles. The largest absolute Gasteiger partial charge is 0.480 e. The van der Waals surface area contributed by atoms with Crippen LogP contribution < -0.4 is 10.2 Å². The zero-order valence-corrected chi connectivity index (χ0v) is 13.2. The van der Waals surface area contributed by atoms with E-state index in [1.165, 1.54) is 11.5 Å². The van der Waals surface area contributed by atoms with Crippen LogP contribution in [0.4, 0.5) is 0 Å². The van der Waals surface area contributed by atoms with E-state index < -0.39 is 0 Å². The molecule has 6 heteroatoms. The molecule has 3 rings (SSSR count). The first-order valence-corrected chi connectivity index (χ1v) is 7.63. The number of methoxy groups -OCH3 is 1. The van der Waals surface area contributed by atoms with Crippen molar-refractivity contribution in [1.82, 2.24) is 14.2 Å². The Balaban J connectivity index is 1.94. The number of nitrogens with one attached hydrogen (secondary N) is 1. The standard InChI is InChI=1S/C16H16N4OS/c1-11-14(12-6-4-3-5-7-12)9-15(17)20(18-11)10-13-8-16(21-2)19-22-13/h3-9,17H,10H2,1-2H3. The van der Waals surface area contributed by atoms with Crippen molar-refractivity contribution in [2.75, 3.05) is 7.11 Å². The topological polar surface area (TPSA) is 63.8 Å². The molecule has 1 N–H and O–H groups in total. The predicted octanol–water partition coefficient (Wildman–Crippen LogP) is 2.85. The fourth-order valence-electron chi connectivity index (χ4n) is 2.25. The molecule has 0 saturated heterocycles. The minimum Gasteiger partial charge on any atom is -0.480 e. The van der Waals surface area contributed by atoms with E-state index in [-0.39, 0.29) is 0 Å². The van der Waals surface area contributed by atoms with E-state index in [4.69, 9.17) is 10.1 Å². The van der Waals surface area contributed by atoms with Crippen LogP contribution in [0.2, 0.25) is 0 Å². The number of ether oxygens (including phenoxy) is 1. The summed E-state index contributed by atoms with van der Waals surface area (Å²) in [6.45, 7) is 2.49. The Hall–Kier alpha value is -2.47. The molecule has 0 amide bonds. The van der Waals surface area contributed by atoms with Crippen molar-refractivity contribution in [3.8, 4) is 17.0 Å². The SMILES string of the molecule is COc1cc(Cn2nc(C)c(-c3ccccc3)cc2=N)sn1. The molecule has 0 unspecified atom stereocenters. The summed E-state index contributed by atoms with van der Waals surface area (Å²) in [5, 5.41) is 12.8. The van der Waals surface area contributed by atoms with Crippen molar-refractivity contribution >= 4 is 11.5 Å². The van der Waals surface area contributed by atoms with Gasteiger partial charge in [0.15, 0.2) is 0 Å². The third-order valence-corrected chi connectivity index (χ3v) is 4.11. The van der Waals surface area contributed by atoms with E-state index in [0.29, 0.717) is 17.9 Å². The Bertz CT molecular complexity index is 839. The summed E-state index contributed by atoms with van der Waals surface area (Å²) in [5.41, 5.74) is 3.34. The Morgan fingerprint density at radius 3 is 2.68 bits per heavy atom. The van der Waals surface area contributed by atoms with Crippen LogP contribution in [-0.4, -0.2) is 21.3 Å². The number of aromatic nitrogens is 3. The van der Waals surface area contributed by atoms with E-state index in [9.17, 15) is 0 Å². The highest BCUT2D eigenvalue weighted by Gasteiger charge is 2.08. The van der Waals surface area contributed by atoms with Crippen molar-refractivity contribution in [3.05, 3.63) is 58.5 Å². The van der Waals surface area contributed by atoms with Gasteiger partial charge in [0.1, 0.15) is 5.49 Å². The van der Waals surface area contributed by atoms with E-state index in [0.717, 1.165) is 21.7 Å². The molecule has 5 nitrogen and oxygen atoms in total. The molecule has 0 radical (unpaired) electrons. The van der Waals surface area contributed by atoms with Gasteiger partial charge in [0.25, 0.3) is 0 Å². The summed E-state index contributed by atoms with van der Waals surface area (Å²) in [6.07, 6.45) is 0. The molecule has 1 aromatic carbocycles. The molecular weight excluding hydrogens is 296 g/mol. The van der Waals surface area contributed by atoms with Gasteiger partial charge in [-0.3, -0.25) is 5.41 Å². The first-order chi connectivity index (χ1) is 10.7. The van der Waals surface area contributed by atoms with Crippen LogP contribution in [0.15, 0.2) is 42.5 Å². The van der Waals surface area contributed by atoms with Crippen LogP contribution in [0.3, 0.4) is 0 Å². The van der Waals surface area contributed by atoms with Gasteiger partial charge < -0.3 is 4.74 Å². The molecule has 2 aromatic heterocycles. The van der Waals surface area contributed by atoms with Gasteiger partial charge in [-0.05, 0) is 30.1 Å². The summed E-state index contributed by atoms with van der Waals surface area (Å²) in [5.74, 6) is 0.602. The summed E-state index contributed by atoms with van der Waals surface area (Å²) < 4.78 is 10.9. The minimum atomic E-state index is 0.372. The summed E-state index contributed by atoms with van der Waals surface area (Å²) in [7, 11) is 1.60. The molecule has 22 heavy (non-hydrogen) atoms. The first-order valence-electron chi connectivity index (χ1n) is 6.86. The number of benzene rings is 1. The van der Waals surface area contributed by atoms with Crippen LogP contribution in [0.25, 0.3) is 11.1 Å². The van der Waals surface area contributed by atoms with Crippen molar-refractivity contribution < 1.29 is 4.74 Å². The van der Waals surface area contributed by atoms with Crippen LogP contribution in [0.1, 0.15) is 10.6 Å². The molecule has 0 bridgehead atoms. The fraction of sp³-hybridized carbons (Fsp3) is 0.188. The van der Waals surface area contributed by atoms with Crippen LogP contribution in [0.5, 0.6) is 5.88 Å². The van der Waals surface area contributed by atoms with Crippen LogP contribution in [-0.2, 0) is 6.54 Å². The molecule has 112 valence electrons. The number of rotatable bonds is 4.